The molecule has 0 saturated carbocycles. The molecule has 2 aliphatic rings. The number of aromatic nitrogens is 2. The molecular formula is C20H28BN3O4. The fourth-order valence-corrected chi connectivity index (χ4v) is 3.60. The van der Waals surface area contributed by atoms with Crippen molar-refractivity contribution in [2.45, 2.75) is 51.7 Å². The van der Waals surface area contributed by atoms with Crippen LogP contribution in [0.4, 0.5) is 0 Å². The zero-order chi connectivity index (χ0) is 19.9. The average molecular weight is 385 g/mol. The van der Waals surface area contributed by atoms with Crippen LogP contribution >= 0.6 is 0 Å². The molecule has 7 nitrogen and oxygen atoms in total. The van der Waals surface area contributed by atoms with Gasteiger partial charge in [-0.05, 0) is 58.0 Å². The highest BCUT2D eigenvalue weighted by atomic mass is 16.7. The molecule has 2 saturated heterocycles. The van der Waals surface area contributed by atoms with Gasteiger partial charge < -0.3 is 19.4 Å². The van der Waals surface area contributed by atoms with Gasteiger partial charge in [-0.15, -0.1) is 0 Å². The number of hydrogen-bond acceptors (Lipinski definition) is 5. The Morgan fingerprint density at radius 2 is 1.89 bits per heavy atom. The molecule has 0 radical (unpaired) electrons. The summed E-state index contributed by atoms with van der Waals surface area (Å²) in [7, 11) is -0.470. The van der Waals surface area contributed by atoms with Gasteiger partial charge in [-0.25, -0.2) is 0 Å². The molecule has 8 heteroatoms. The number of nitrogens with zero attached hydrogens (tertiary/aromatic N) is 1. The van der Waals surface area contributed by atoms with Crippen LogP contribution in [0.5, 0.6) is 0 Å². The van der Waals surface area contributed by atoms with Gasteiger partial charge in [0.15, 0.2) is 5.69 Å². The maximum atomic E-state index is 12.7. The Morgan fingerprint density at radius 3 is 2.57 bits per heavy atom. The average Bonchev–Trinajstić information content (AvgIpc) is 3.18. The zero-order valence-corrected chi connectivity index (χ0v) is 17.0. The molecule has 1 aromatic carbocycles. The van der Waals surface area contributed by atoms with E-state index in [1.807, 2.05) is 45.9 Å². The number of rotatable bonds is 4. The van der Waals surface area contributed by atoms with Gasteiger partial charge in [0.2, 0.25) is 0 Å². The van der Waals surface area contributed by atoms with Crippen LogP contribution < -0.4 is 10.8 Å². The van der Waals surface area contributed by atoms with Crippen molar-refractivity contribution in [3.05, 3.63) is 23.9 Å². The monoisotopic (exact) mass is 385 g/mol. The number of carbonyl (C=O) groups is 1. The van der Waals surface area contributed by atoms with Gasteiger partial charge in [-0.1, -0.05) is 12.1 Å². The van der Waals surface area contributed by atoms with Gasteiger partial charge in [0.1, 0.15) is 0 Å². The van der Waals surface area contributed by atoms with Crippen LogP contribution in [0.15, 0.2) is 18.2 Å². The summed E-state index contributed by atoms with van der Waals surface area (Å²) in [5.41, 5.74) is 1.28. The van der Waals surface area contributed by atoms with Crippen LogP contribution in [0.25, 0.3) is 10.9 Å². The summed E-state index contributed by atoms with van der Waals surface area (Å²) in [5.74, 6) is 0.298. The van der Waals surface area contributed by atoms with E-state index in [1.165, 1.54) is 0 Å². The van der Waals surface area contributed by atoms with Crippen molar-refractivity contribution in [3.8, 4) is 0 Å². The maximum Gasteiger partial charge on any atom is 0.494 e. The maximum absolute atomic E-state index is 12.7. The largest absolute Gasteiger partial charge is 0.494 e. The van der Waals surface area contributed by atoms with Crippen LogP contribution in [-0.4, -0.2) is 54.2 Å². The summed E-state index contributed by atoms with van der Waals surface area (Å²) in [5, 5.41) is 11.0. The molecular weight excluding hydrogens is 357 g/mol. The third-order valence-corrected chi connectivity index (χ3v) is 6.22. The van der Waals surface area contributed by atoms with Crippen molar-refractivity contribution in [3.63, 3.8) is 0 Å². The molecule has 150 valence electrons. The van der Waals surface area contributed by atoms with Crippen LogP contribution in [0.1, 0.15) is 51.0 Å². The van der Waals surface area contributed by atoms with Crippen LogP contribution in [0, 0.1) is 5.92 Å². The van der Waals surface area contributed by atoms with E-state index < -0.39 is 18.3 Å². The van der Waals surface area contributed by atoms with Crippen LogP contribution in [0.2, 0.25) is 0 Å². The molecule has 28 heavy (non-hydrogen) atoms. The molecule has 0 spiro atoms. The van der Waals surface area contributed by atoms with E-state index in [0.29, 0.717) is 18.2 Å². The van der Waals surface area contributed by atoms with Gasteiger partial charge in [-0.2, -0.15) is 5.10 Å². The highest BCUT2D eigenvalue weighted by Crippen LogP contribution is 2.36. The van der Waals surface area contributed by atoms with Crippen molar-refractivity contribution in [2.24, 2.45) is 5.92 Å². The predicted octanol–water partition coefficient (Wildman–Crippen LogP) is 2.02. The molecule has 3 heterocycles. The van der Waals surface area contributed by atoms with Gasteiger partial charge in [0, 0.05) is 25.1 Å². The van der Waals surface area contributed by atoms with Crippen molar-refractivity contribution < 1.29 is 18.8 Å². The standard InChI is InChI=1S/C20H28BN3O4/c1-19(2)20(3,4)28-21(27-19)14-5-6-16-15(11-14)17(24-23-16)18(25)22-12-13-7-9-26-10-8-13/h5-6,11,13H,7-10,12H2,1-4H3,(H,22,25)(H,23,24). The fraction of sp³-hybridized carbons (Fsp3) is 0.600. The van der Waals surface area contributed by atoms with Crippen molar-refractivity contribution in [1.82, 2.24) is 15.5 Å². The normalized spacial score (nSPS) is 21.9. The zero-order valence-electron chi connectivity index (χ0n) is 17.0. The van der Waals surface area contributed by atoms with Gasteiger partial charge in [-0.3, -0.25) is 9.89 Å². The number of carbonyl (C=O) groups excluding carboxylic acids is 1. The van der Waals surface area contributed by atoms with E-state index in [1.54, 1.807) is 0 Å². The minimum absolute atomic E-state index is 0.163. The van der Waals surface area contributed by atoms with Crippen molar-refractivity contribution in [1.29, 1.82) is 0 Å². The lowest BCUT2D eigenvalue weighted by Crippen LogP contribution is -2.41. The van der Waals surface area contributed by atoms with Crippen molar-refractivity contribution in [2.75, 3.05) is 19.8 Å². The van der Waals surface area contributed by atoms with E-state index in [2.05, 4.69) is 15.5 Å². The molecule has 0 unspecified atom stereocenters. The Bertz CT molecular complexity index is 857. The highest BCUT2D eigenvalue weighted by Gasteiger charge is 2.51. The van der Waals surface area contributed by atoms with Crippen molar-refractivity contribution >= 4 is 29.4 Å². The fourth-order valence-electron chi connectivity index (χ4n) is 3.60. The number of aromatic amines is 1. The number of hydrogen-bond donors (Lipinski definition) is 2. The quantitative estimate of drug-likeness (QED) is 0.787. The second-order valence-corrected chi connectivity index (χ2v) is 8.73. The SMILES string of the molecule is CC1(C)OB(c2ccc3[nH]nc(C(=O)NCC4CCOCC4)c3c2)OC1(C)C. The lowest BCUT2D eigenvalue weighted by molar-refractivity contribution is 0.00578. The third-order valence-electron chi connectivity index (χ3n) is 6.22. The smallest absolute Gasteiger partial charge is 0.399 e. The number of H-pyrrole nitrogens is 1. The Morgan fingerprint density at radius 1 is 1.21 bits per heavy atom. The summed E-state index contributed by atoms with van der Waals surface area (Å²) in [4.78, 5) is 12.7. The molecule has 1 aromatic heterocycles. The molecule has 2 aliphatic heterocycles. The Kier molecular flexibility index (Phi) is 4.97. The molecule has 2 N–H and O–H groups in total. The molecule has 0 atom stereocenters. The van der Waals surface area contributed by atoms with E-state index in [0.717, 1.165) is 42.4 Å². The number of ether oxygens (including phenoxy) is 1. The van der Waals surface area contributed by atoms with E-state index in [9.17, 15) is 4.79 Å². The minimum atomic E-state index is -0.470. The Labute approximate surface area is 165 Å². The number of nitrogens with one attached hydrogen (secondary N) is 2. The topological polar surface area (TPSA) is 85.5 Å². The van der Waals surface area contributed by atoms with E-state index in [4.69, 9.17) is 14.0 Å². The summed E-state index contributed by atoms with van der Waals surface area (Å²) >= 11 is 0. The van der Waals surface area contributed by atoms with Crippen LogP contribution in [-0.2, 0) is 14.0 Å². The summed E-state index contributed by atoms with van der Waals surface area (Å²) in [6.07, 6.45) is 1.96. The summed E-state index contributed by atoms with van der Waals surface area (Å²) in [6.45, 7) is 10.3. The highest BCUT2D eigenvalue weighted by molar-refractivity contribution is 6.62. The predicted molar refractivity (Wildman–Crippen MR) is 108 cm³/mol. The minimum Gasteiger partial charge on any atom is -0.399 e. The first-order chi connectivity index (χ1) is 13.3. The lowest BCUT2D eigenvalue weighted by Gasteiger charge is -2.32. The molecule has 2 aromatic rings. The number of fused-ring (bicyclic) bond motifs is 1. The van der Waals surface area contributed by atoms with Gasteiger partial charge in [0.25, 0.3) is 5.91 Å². The third kappa shape index (κ3) is 3.56. The molecule has 0 bridgehead atoms. The van der Waals surface area contributed by atoms with E-state index >= 15 is 0 Å². The lowest BCUT2D eigenvalue weighted by atomic mass is 9.78. The summed E-state index contributed by atoms with van der Waals surface area (Å²) < 4.78 is 17.6. The Balaban J connectivity index is 1.52. The Hall–Kier alpha value is -1.90. The first kappa shape index (κ1) is 19.4. The number of benzene rings is 1. The van der Waals surface area contributed by atoms with Gasteiger partial charge >= 0.3 is 7.12 Å². The molecule has 4 rings (SSSR count). The molecule has 1 amide bonds. The number of amides is 1. The van der Waals surface area contributed by atoms with Crippen LogP contribution in [0.3, 0.4) is 0 Å². The first-order valence-corrected chi connectivity index (χ1v) is 9.96. The second-order valence-electron chi connectivity index (χ2n) is 8.73. The first-order valence-electron chi connectivity index (χ1n) is 9.96. The summed E-state index contributed by atoms with van der Waals surface area (Å²) in [6, 6.07) is 5.80. The van der Waals surface area contributed by atoms with Gasteiger partial charge in [0.05, 0.1) is 16.7 Å². The molecule has 0 aliphatic carbocycles. The second kappa shape index (κ2) is 7.17. The molecule has 2 fully saturated rings. The van der Waals surface area contributed by atoms with E-state index in [-0.39, 0.29) is 5.91 Å².